The Balaban J connectivity index is 2.15. The summed E-state index contributed by atoms with van der Waals surface area (Å²) >= 11 is 0. The monoisotopic (exact) mass is 687 g/mol. The summed E-state index contributed by atoms with van der Waals surface area (Å²) < 4.78 is 17.1. The van der Waals surface area contributed by atoms with Crippen LogP contribution in [0, 0.1) is 0 Å². The van der Waals surface area contributed by atoms with Crippen molar-refractivity contribution in [2.24, 2.45) is 0 Å². The maximum Gasteiger partial charge on any atom is 0.306 e. The molecule has 49 heavy (non-hydrogen) atoms. The topological polar surface area (TPSA) is 61.8 Å². The second kappa shape index (κ2) is 35.9. The maximum atomic E-state index is 12.6. The van der Waals surface area contributed by atoms with Crippen LogP contribution in [0.5, 0.6) is 0 Å². The Morgan fingerprint density at radius 1 is 0.469 bits per heavy atom. The van der Waals surface area contributed by atoms with Gasteiger partial charge in [-0.3, -0.25) is 9.59 Å². The molecule has 0 aliphatic carbocycles. The lowest BCUT2D eigenvalue weighted by atomic mass is 10.0. The van der Waals surface area contributed by atoms with Crippen LogP contribution in [0.25, 0.3) is 0 Å². The molecule has 1 aromatic carbocycles. The third-order valence-corrected chi connectivity index (χ3v) is 9.61. The molecule has 0 aromatic heterocycles. The van der Waals surface area contributed by atoms with Gasteiger partial charge in [-0.1, -0.05) is 211 Å². The molecule has 0 bridgehead atoms. The molecular weight excluding hydrogens is 608 g/mol. The summed E-state index contributed by atoms with van der Waals surface area (Å²) in [5.41, 5.74) is 1.06. The molecule has 0 radical (unpaired) electrons. The molecule has 0 aliphatic heterocycles. The lowest BCUT2D eigenvalue weighted by Crippen LogP contribution is -2.29. The van der Waals surface area contributed by atoms with Crippen molar-refractivity contribution >= 4 is 11.9 Å². The summed E-state index contributed by atoms with van der Waals surface area (Å²) in [4.78, 5) is 25.1. The molecule has 0 aliphatic rings. The Hall–Kier alpha value is -1.88. The van der Waals surface area contributed by atoms with Gasteiger partial charge in [0.05, 0.1) is 13.2 Å². The van der Waals surface area contributed by atoms with E-state index in [4.69, 9.17) is 14.2 Å². The lowest BCUT2D eigenvalue weighted by Gasteiger charge is -2.18. The number of benzene rings is 1. The highest BCUT2D eigenvalue weighted by atomic mass is 16.6. The maximum absolute atomic E-state index is 12.6. The van der Waals surface area contributed by atoms with Crippen LogP contribution in [0.15, 0.2) is 30.3 Å². The molecule has 0 saturated heterocycles. The Kier molecular flexibility index (Phi) is 33.1. The third-order valence-electron chi connectivity index (χ3n) is 9.61. The van der Waals surface area contributed by atoms with Crippen molar-refractivity contribution in [2.75, 3.05) is 13.2 Å². The van der Waals surface area contributed by atoms with Crippen molar-refractivity contribution in [1.29, 1.82) is 0 Å². The van der Waals surface area contributed by atoms with Crippen LogP contribution in [-0.2, 0) is 30.4 Å². The predicted octanol–water partition coefficient (Wildman–Crippen LogP) is 13.4. The summed E-state index contributed by atoms with van der Waals surface area (Å²) in [5, 5.41) is 0. The number of hydrogen-bond acceptors (Lipinski definition) is 5. The smallest absolute Gasteiger partial charge is 0.306 e. The van der Waals surface area contributed by atoms with Crippen LogP contribution in [0.4, 0.5) is 0 Å². The zero-order valence-corrected chi connectivity index (χ0v) is 32.3. The van der Waals surface area contributed by atoms with E-state index in [1.54, 1.807) is 0 Å². The van der Waals surface area contributed by atoms with Crippen molar-refractivity contribution in [3.05, 3.63) is 35.9 Å². The minimum atomic E-state index is -0.580. The van der Waals surface area contributed by atoms with Crippen LogP contribution in [-0.4, -0.2) is 31.3 Å². The second-order valence-electron chi connectivity index (χ2n) is 14.5. The summed E-state index contributed by atoms with van der Waals surface area (Å²) in [6.07, 6.45) is 36.3. The first-order valence-electron chi connectivity index (χ1n) is 21.1. The van der Waals surface area contributed by atoms with E-state index in [0.29, 0.717) is 19.4 Å². The van der Waals surface area contributed by atoms with Crippen molar-refractivity contribution in [3.63, 3.8) is 0 Å². The van der Waals surface area contributed by atoms with E-state index in [-0.39, 0.29) is 25.2 Å². The number of rotatable bonds is 37. The standard InChI is InChI=1S/C44H78O5/c1-3-5-7-9-11-13-15-17-18-20-21-23-25-27-32-36-43(45)48-40-42(39-47-38-41-34-30-29-31-35-41)49-44(46)37-33-28-26-24-22-19-16-14-12-10-8-6-4-2/h29-31,34-35,42H,3-28,32-33,36-40H2,1-2H3. The Bertz CT molecular complexity index is 841. The van der Waals surface area contributed by atoms with Crippen molar-refractivity contribution in [3.8, 4) is 0 Å². The Labute approximate surface area is 303 Å². The minimum Gasteiger partial charge on any atom is -0.462 e. The fourth-order valence-electron chi connectivity index (χ4n) is 6.43. The van der Waals surface area contributed by atoms with E-state index >= 15 is 0 Å². The Morgan fingerprint density at radius 3 is 1.24 bits per heavy atom. The normalized spacial score (nSPS) is 11.9. The van der Waals surface area contributed by atoms with Gasteiger partial charge >= 0.3 is 11.9 Å². The van der Waals surface area contributed by atoms with Gasteiger partial charge in [-0.2, -0.15) is 0 Å². The van der Waals surface area contributed by atoms with Gasteiger partial charge in [-0.25, -0.2) is 0 Å². The summed E-state index contributed by atoms with van der Waals surface area (Å²) in [6.45, 7) is 5.24. The van der Waals surface area contributed by atoms with Crippen LogP contribution in [0.1, 0.15) is 212 Å². The van der Waals surface area contributed by atoms with Gasteiger partial charge in [-0.05, 0) is 18.4 Å². The predicted molar refractivity (Wildman–Crippen MR) is 207 cm³/mol. The quantitative estimate of drug-likeness (QED) is 0.0515. The van der Waals surface area contributed by atoms with Crippen LogP contribution >= 0.6 is 0 Å². The van der Waals surface area contributed by atoms with Crippen molar-refractivity contribution in [2.45, 2.75) is 219 Å². The molecule has 1 unspecified atom stereocenters. The van der Waals surface area contributed by atoms with E-state index in [1.165, 1.54) is 154 Å². The zero-order valence-electron chi connectivity index (χ0n) is 32.3. The first-order valence-corrected chi connectivity index (χ1v) is 21.1. The summed E-state index contributed by atoms with van der Waals surface area (Å²) in [6, 6.07) is 9.94. The van der Waals surface area contributed by atoms with Gasteiger partial charge < -0.3 is 14.2 Å². The largest absolute Gasteiger partial charge is 0.462 e. The van der Waals surface area contributed by atoms with Crippen LogP contribution in [0.3, 0.4) is 0 Å². The summed E-state index contributed by atoms with van der Waals surface area (Å²) in [5.74, 6) is -0.440. The van der Waals surface area contributed by atoms with Crippen molar-refractivity contribution in [1.82, 2.24) is 0 Å². The number of hydrogen-bond donors (Lipinski definition) is 0. The average Bonchev–Trinajstić information content (AvgIpc) is 3.11. The second-order valence-corrected chi connectivity index (χ2v) is 14.5. The van der Waals surface area contributed by atoms with Crippen molar-refractivity contribution < 1.29 is 23.8 Å². The average molecular weight is 687 g/mol. The molecule has 0 fully saturated rings. The molecule has 0 N–H and O–H groups in total. The molecule has 5 nitrogen and oxygen atoms in total. The SMILES string of the molecule is CCCCCCCCCCCCCCCCCC(=O)OCC(COCc1ccccc1)OC(=O)CCCCCCCCCCCCCCC. The molecule has 1 rings (SSSR count). The lowest BCUT2D eigenvalue weighted by molar-refractivity contribution is -0.163. The highest BCUT2D eigenvalue weighted by Crippen LogP contribution is 2.16. The van der Waals surface area contributed by atoms with Crippen LogP contribution in [0.2, 0.25) is 0 Å². The first kappa shape index (κ1) is 45.1. The molecule has 0 saturated carbocycles. The van der Waals surface area contributed by atoms with Crippen LogP contribution < -0.4 is 0 Å². The molecule has 5 heteroatoms. The molecule has 0 heterocycles. The molecule has 1 aromatic rings. The van der Waals surface area contributed by atoms with Gasteiger partial charge in [0.1, 0.15) is 6.61 Å². The fraction of sp³-hybridized carbons (Fsp3) is 0.818. The highest BCUT2D eigenvalue weighted by Gasteiger charge is 2.18. The van der Waals surface area contributed by atoms with E-state index < -0.39 is 6.10 Å². The molecule has 0 spiro atoms. The van der Waals surface area contributed by atoms with E-state index in [2.05, 4.69) is 13.8 Å². The van der Waals surface area contributed by atoms with Gasteiger partial charge in [0.25, 0.3) is 0 Å². The number of carbonyl (C=O) groups excluding carboxylic acids is 2. The highest BCUT2D eigenvalue weighted by molar-refractivity contribution is 5.70. The van der Waals surface area contributed by atoms with E-state index in [0.717, 1.165) is 31.2 Å². The fourth-order valence-corrected chi connectivity index (χ4v) is 6.43. The number of unbranched alkanes of at least 4 members (excludes halogenated alkanes) is 26. The van der Waals surface area contributed by atoms with Gasteiger partial charge in [-0.15, -0.1) is 0 Å². The molecule has 284 valence electrons. The molecule has 1 atom stereocenters. The number of carbonyl (C=O) groups is 2. The van der Waals surface area contributed by atoms with E-state index in [9.17, 15) is 9.59 Å². The van der Waals surface area contributed by atoms with Gasteiger partial charge in [0, 0.05) is 12.8 Å². The number of esters is 2. The molecular formula is C44H78O5. The summed E-state index contributed by atoms with van der Waals surface area (Å²) in [7, 11) is 0. The van der Waals surface area contributed by atoms with E-state index in [1.807, 2.05) is 30.3 Å². The Morgan fingerprint density at radius 2 is 0.837 bits per heavy atom. The zero-order chi connectivity index (χ0) is 35.3. The minimum absolute atomic E-state index is 0.0523. The van der Waals surface area contributed by atoms with Gasteiger partial charge in [0.15, 0.2) is 6.10 Å². The van der Waals surface area contributed by atoms with Gasteiger partial charge in [0.2, 0.25) is 0 Å². The molecule has 0 amide bonds. The first-order chi connectivity index (χ1) is 24.2. The third kappa shape index (κ3) is 31.8. The number of ether oxygens (including phenoxy) is 3.